The Morgan fingerprint density at radius 2 is 2.12 bits per heavy atom. The quantitative estimate of drug-likeness (QED) is 0.906. The second-order valence-electron chi connectivity index (χ2n) is 6.78. The lowest BCUT2D eigenvalue weighted by Gasteiger charge is -2.22. The summed E-state index contributed by atoms with van der Waals surface area (Å²) in [6.45, 7) is 8.08. The molecule has 0 radical (unpaired) electrons. The third-order valence-electron chi connectivity index (χ3n) is 4.50. The highest BCUT2D eigenvalue weighted by molar-refractivity contribution is 5.79. The van der Waals surface area contributed by atoms with E-state index in [-0.39, 0.29) is 29.8 Å². The Labute approximate surface area is 145 Å². The lowest BCUT2D eigenvalue weighted by Crippen LogP contribution is -2.34. The van der Waals surface area contributed by atoms with Crippen LogP contribution in [0.15, 0.2) is 9.32 Å². The van der Waals surface area contributed by atoms with E-state index in [1.54, 1.807) is 18.7 Å². The SMILES string of the molecule is Cc1nc(C)c(CC(=O)N2CCC[C@@H]2c2nc(C(C)C)no2)c(=O)[nH]1. The molecule has 3 rings (SSSR count). The molecule has 1 aliphatic rings. The van der Waals surface area contributed by atoms with Crippen LogP contribution in [0.3, 0.4) is 0 Å². The van der Waals surface area contributed by atoms with E-state index in [2.05, 4.69) is 20.1 Å². The van der Waals surface area contributed by atoms with E-state index in [4.69, 9.17) is 4.52 Å². The Hall–Kier alpha value is -2.51. The number of hydrogen-bond acceptors (Lipinski definition) is 6. The van der Waals surface area contributed by atoms with E-state index >= 15 is 0 Å². The normalized spacial score (nSPS) is 17.5. The standard InChI is InChI=1S/C17H23N5O3/c1-9(2)15-20-17(25-21-15)13-6-5-7-22(13)14(23)8-12-10(3)18-11(4)19-16(12)24/h9,13H,5-8H2,1-4H3,(H,18,19,24)/t13-/m1/s1. The first-order valence-corrected chi connectivity index (χ1v) is 8.56. The van der Waals surface area contributed by atoms with Crippen LogP contribution in [-0.4, -0.2) is 37.5 Å². The highest BCUT2D eigenvalue weighted by Gasteiger charge is 2.34. The molecule has 0 saturated carbocycles. The number of carbonyl (C=O) groups excluding carboxylic acids is 1. The lowest BCUT2D eigenvalue weighted by molar-refractivity contribution is -0.131. The molecular formula is C17H23N5O3. The van der Waals surface area contributed by atoms with Crippen molar-refractivity contribution in [2.45, 2.75) is 58.9 Å². The molecule has 8 nitrogen and oxygen atoms in total. The first-order valence-electron chi connectivity index (χ1n) is 8.56. The number of amides is 1. The molecule has 8 heteroatoms. The minimum absolute atomic E-state index is 0.0239. The van der Waals surface area contributed by atoms with Gasteiger partial charge in [-0.1, -0.05) is 19.0 Å². The maximum absolute atomic E-state index is 12.8. The fourth-order valence-corrected chi connectivity index (χ4v) is 3.15. The van der Waals surface area contributed by atoms with Crippen molar-refractivity contribution >= 4 is 5.91 Å². The first kappa shape index (κ1) is 17.3. The molecule has 1 aliphatic heterocycles. The minimum Gasteiger partial charge on any atom is -0.337 e. The van der Waals surface area contributed by atoms with Gasteiger partial charge in [0.2, 0.25) is 11.8 Å². The molecule has 2 aromatic rings. The Morgan fingerprint density at radius 3 is 2.76 bits per heavy atom. The smallest absolute Gasteiger partial charge is 0.254 e. The molecule has 1 amide bonds. The number of carbonyl (C=O) groups is 1. The molecule has 134 valence electrons. The van der Waals surface area contributed by atoms with Crippen LogP contribution < -0.4 is 5.56 Å². The van der Waals surface area contributed by atoms with Gasteiger partial charge in [-0.3, -0.25) is 9.59 Å². The lowest BCUT2D eigenvalue weighted by atomic mass is 10.1. The van der Waals surface area contributed by atoms with Crippen molar-refractivity contribution in [1.82, 2.24) is 25.0 Å². The molecule has 0 spiro atoms. The molecular weight excluding hydrogens is 322 g/mol. The molecule has 1 fully saturated rings. The molecule has 2 aromatic heterocycles. The van der Waals surface area contributed by atoms with Gasteiger partial charge in [-0.15, -0.1) is 0 Å². The second kappa shape index (κ2) is 6.78. The molecule has 0 bridgehead atoms. The summed E-state index contributed by atoms with van der Waals surface area (Å²) in [6.07, 6.45) is 1.68. The third kappa shape index (κ3) is 3.47. The summed E-state index contributed by atoms with van der Waals surface area (Å²) in [5.74, 6) is 1.71. The zero-order valence-corrected chi connectivity index (χ0v) is 15.0. The maximum Gasteiger partial charge on any atom is 0.254 e. The van der Waals surface area contributed by atoms with Gasteiger partial charge in [0.05, 0.1) is 6.42 Å². The Bertz CT molecular complexity index is 839. The van der Waals surface area contributed by atoms with Crippen molar-refractivity contribution < 1.29 is 9.32 Å². The van der Waals surface area contributed by atoms with Gasteiger partial charge in [0.15, 0.2) is 5.82 Å². The van der Waals surface area contributed by atoms with Crippen LogP contribution in [0, 0.1) is 13.8 Å². The van der Waals surface area contributed by atoms with E-state index in [1.165, 1.54) is 0 Å². The first-order chi connectivity index (χ1) is 11.9. The van der Waals surface area contributed by atoms with Gasteiger partial charge in [0, 0.05) is 23.7 Å². The zero-order chi connectivity index (χ0) is 18.1. The number of likely N-dealkylation sites (tertiary alicyclic amines) is 1. The van der Waals surface area contributed by atoms with E-state index in [0.717, 1.165) is 12.8 Å². The van der Waals surface area contributed by atoms with Crippen LogP contribution in [-0.2, 0) is 11.2 Å². The van der Waals surface area contributed by atoms with Crippen LogP contribution in [0.25, 0.3) is 0 Å². The van der Waals surface area contributed by atoms with Crippen molar-refractivity contribution in [3.05, 3.63) is 39.2 Å². The Morgan fingerprint density at radius 1 is 1.36 bits per heavy atom. The van der Waals surface area contributed by atoms with Gasteiger partial charge in [-0.25, -0.2) is 4.98 Å². The number of nitrogens with zero attached hydrogens (tertiary/aromatic N) is 4. The van der Waals surface area contributed by atoms with Gasteiger partial charge in [0.1, 0.15) is 11.9 Å². The maximum atomic E-state index is 12.8. The number of rotatable bonds is 4. The summed E-state index contributed by atoms with van der Waals surface area (Å²) in [5.41, 5.74) is 0.744. The van der Waals surface area contributed by atoms with Crippen LogP contribution in [0.2, 0.25) is 0 Å². The summed E-state index contributed by atoms with van der Waals surface area (Å²) < 4.78 is 5.37. The predicted octanol–water partition coefficient (Wildman–Crippen LogP) is 1.80. The summed E-state index contributed by atoms with van der Waals surface area (Å²) in [5, 5.41) is 3.99. The van der Waals surface area contributed by atoms with Crippen molar-refractivity contribution in [3.63, 3.8) is 0 Å². The van der Waals surface area contributed by atoms with E-state index in [1.807, 2.05) is 13.8 Å². The second-order valence-corrected chi connectivity index (χ2v) is 6.78. The molecule has 25 heavy (non-hydrogen) atoms. The van der Waals surface area contributed by atoms with Gasteiger partial charge in [-0.2, -0.15) is 4.98 Å². The summed E-state index contributed by atoms with van der Waals surface area (Å²) in [6, 6.07) is -0.217. The fourth-order valence-electron chi connectivity index (χ4n) is 3.15. The molecule has 1 atom stereocenters. The predicted molar refractivity (Wildman–Crippen MR) is 90.1 cm³/mol. The average molecular weight is 345 g/mol. The molecule has 1 saturated heterocycles. The largest absolute Gasteiger partial charge is 0.337 e. The summed E-state index contributed by atoms with van der Waals surface area (Å²) in [4.78, 5) is 38.0. The molecule has 0 unspecified atom stereocenters. The van der Waals surface area contributed by atoms with E-state index in [9.17, 15) is 9.59 Å². The van der Waals surface area contributed by atoms with Gasteiger partial charge in [-0.05, 0) is 26.7 Å². The Balaban J connectivity index is 1.80. The van der Waals surface area contributed by atoms with Crippen LogP contribution >= 0.6 is 0 Å². The van der Waals surface area contributed by atoms with Crippen molar-refractivity contribution in [1.29, 1.82) is 0 Å². The number of aromatic amines is 1. The monoisotopic (exact) mass is 345 g/mol. The number of aryl methyl sites for hydroxylation is 2. The number of H-pyrrole nitrogens is 1. The van der Waals surface area contributed by atoms with Crippen LogP contribution in [0.4, 0.5) is 0 Å². The van der Waals surface area contributed by atoms with Gasteiger partial charge < -0.3 is 14.4 Å². The summed E-state index contributed by atoms with van der Waals surface area (Å²) >= 11 is 0. The van der Waals surface area contributed by atoms with Crippen LogP contribution in [0.5, 0.6) is 0 Å². The zero-order valence-electron chi connectivity index (χ0n) is 15.0. The fraction of sp³-hybridized carbons (Fsp3) is 0.588. The highest BCUT2D eigenvalue weighted by atomic mass is 16.5. The minimum atomic E-state index is -0.256. The number of nitrogens with one attached hydrogen (secondary N) is 1. The van der Waals surface area contributed by atoms with Gasteiger partial charge in [0.25, 0.3) is 5.56 Å². The van der Waals surface area contributed by atoms with Gasteiger partial charge >= 0.3 is 0 Å². The average Bonchev–Trinajstić information content (AvgIpc) is 3.18. The van der Waals surface area contributed by atoms with Crippen molar-refractivity contribution in [2.24, 2.45) is 0 Å². The Kier molecular flexibility index (Phi) is 4.69. The third-order valence-corrected chi connectivity index (χ3v) is 4.50. The molecule has 0 aliphatic carbocycles. The molecule has 1 N–H and O–H groups in total. The van der Waals surface area contributed by atoms with Crippen LogP contribution in [0.1, 0.15) is 67.4 Å². The van der Waals surface area contributed by atoms with E-state index < -0.39 is 0 Å². The van der Waals surface area contributed by atoms with Crippen molar-refractivity contribution in [3.8, 4) is 0 Å². The van der Waals surface area contributed by atoms with E-state index in [0.29, 0.717) is 35.3 Å². The molecule has 3 heterocycles. The number of hydrogen-bond donors (Lipinski definition) is 1. The molecule has 0 aromatic carbocycles. The van der Waals surface area contributed by atoms with Crippen molar-refractivity contribution in [2.75, 3.05) is 6.54 Å². The highest BCUT2D eigenvalue weighted by Crippen LogP contribution is 2.32. The summed E-state index contributed by atoms with van der Waals surface area (Å²) in [7, 11) is 0. The topological polar surface area (TPSA) is 105 Å². The number of aromatic nitrogens is 4.